The fourth-order valence-corrected chi connectivity index (χ4v) is 2.21. The number of carboxylic acid groups (broad SMARTS) is 1. The van der Waals surface area contributed by atoms with Gasteiger partial charge in [-0.3, -0.25) is 4.79 Å². The van der Waals surface area contributed by atoms with Crippen LogP contribution in [0.4, 0.5) is 0 Å². The molecule has 0 amide bonds. The predicted molar refractivity (Wildman–Crippen MR) is 55.3 cm³/mol. The van der Waals surface area contributed by atoms with E-state index in [-0.39, 0.29) is 17.8 Å². The van der Waals surface area contributed by atoms with Crippen LogP contribution in [0.25, 0.3) is 0 Å². The van der Waals surface area contributed by atoms with Crippen LogP contribution in [-0.2, 0) is 16.0 Å². The van der Waals surface area contributed by atoms with Crippen LogP contribution < -0.4 is 0 Å². The maximum absolute atomic E-state index is 10.9. The second-order valence-corrected chi connectivity index (χ2v) is 3.96. The van der Waals surface area contributed by atoms with Crippen molar-refractivity contribution in [1.82, 2.24) is 4.98 Å². The van der Waals surface area contributed by atoms with Gasteiger partial charge in [0.15, 0.2) is 0 Å². The van der Waals surface area contributed by atoms with Gasteiger partial charge in [-0.25, -0.2) is 4.79 Å². The number of aromatic amines is 1. The summed E-state index contributed by atoms with van der Waals surface area (Å²) >= 11 is 0. The Kier molecular flexibility index (Phi) is 2.46. The number of rotatable bonds is 2. The lowest BCUT2D eigenvalue weighted by Gasteiger charge is -2.09. The number of aromatic nitrogens is 1. The topological polar surface area (TPSA) is 79.4 Å². The summed E-state index contributed by atoms with van der Waals surface area (Å²) in [5.74, 6) is -1.32. The molecular weight excluding hydrogens is 210 g/mol. The summed E-state index contributed by atoms with van der Waals surface area (Å²) in [7, 11) is 0. The van der Waals surface area contributed by atoms with Crippen LogP contribution >= 0.6 is 0 Å². The molecule has 1 aliphatic rings. The molecule has 1 unspecified atom stereocenters. The molecule has 0 saturated heterocycles. The van der Waals surface area contributed by atoms with Crippen molar-refractivity contribution in [1.29, 1.82) is 0 Å². The molecule has 16 heavy (non-hydrogen) atoms. The van der Waals surface area contributed by atoms with E-state index >= 15 is 0 Å². The van der Waals surface area contributed by atoms with Gasteiger partial charge in [0.2, 0.25) is 0 Å². The van der Waals surface area contributed by atoms with E-state index < -0.39 is 5.97 Å². The van der Waals surface area contributed by atoms with Gasteiger partial charge in [0.1, 0.15) is 11.8 Å². The number of ether oxygens (including phenoxy) is 1. The van der Waals surface area contributed by atoms with Crippen molar-refractivity contribution in [2.75, 3.05) is 0 Å². The van der Waals surface area contributed by atoms with E-state index in [0.29, 0.717) is 0 Å². The lowest BCUT2D eigenvalue weighted by molar-refractivity contribution is -0.146. The van der Waals surface area contributed by atoms with Crippen molar-refractivity contribution < 1.29 is 19.4 Å². The molecule has 0 saturated carbocycles. The van der Waals surface area contributed by atoms with E-state index in [1.807, 2.05) is 0 Å². The van der Waals surface area contributed by atoms with Crippen LogP contribution in [0.15, 0.2) is 0 Å². The molecule has 1 aromatic rings. The monoisotopic (exact) mass is 223 g/mol. The Morgan fingerprint density at radius 3 is 2.75 bits per heavy atom. The Morgan fingerprint density at radius 1 is 1.50 bits per heavy atom. The van der Waals surface area contributed by atoms with E-state index in [2.05, 4.69) is 4.98 Å². The Hall–Kier alpha value is -1.78. The quantitative estimate of drug-likeness (QED) is 0.746. The molecule has 5 nitrogen and oxygen atoms in total. The zero-order chi connectivity index (χ0) is 11.9. The molecule has 0 radical (unpaired) electrons. The molecule has 1 heterocycles. The normalized spacial score (nSPS) is 18.2. The van der Waals surface area contributed by atoms with Crippen LogP contribution in [0.1, 0.15) is 46.8 Å². The summed E-state index contributed by atoms with van der Waals surface area (Å²) in [5, 5.41) is 8.95. The number of esters is 1. The van der Waals surface area contributed by atoms with Crippen molar-refractivity contribution in [2.24, 2.45) is 0 Å². The lowest BCUT2D eigenvalue weighted by Crippen LogP contribution is -2.07. The van der Waals surface area contributed by atoms with Crippen molar-refractivity contribution in [3.63, 3.8) is 0 Å². The van der Waals surface area contributed by atoms with Gasteiger partial charge in [-0.1, -0.05) is 0 Å². The molecule has 0 aromatic carbocycles. The maximum atomic E-state index is 10.9. The molecular formula is C11H13NO4. The van der Waals surface area contributed by atoms with E-state index in [4.69, 9.17) is 9.84 Å². The van der Waals surface area contributed by atoms with E-state index in [1.54, 1.807) is 6.92 Å². The molecule has 0 spiro atoms. The first-order chi connectivity index (χ1) is 7.50. The summed E-state index contributed by atoms with van der Waals surface area (Å²) in [6, 6.07) is 0. The van der Waals surface area contributed by atoms with Crippen LogP contribution in [-0.4, -0.2) is 22.0 Å². The zero-order valence-electron chi connectivity index (χ0n) is 9.16. The molecule has 5 heteroatoms. The number of hydrogen-bond acceptors (Lipinski definition) is 3. The standard InChI is InChI=1S/C11H13NO4/c1-5-7-3-4-8(16-6(2)13)10(7)12-9(5)11(14)15/h8,12H,3-4H2,1-2H3,(H,14,15). The Balaban J connectivity index is 2.36. The number of aromatic carboxylic acids is 1. The van der Waals surface area contributed by atoms with Crippen LogP contribution in [0.2, 0.25) is 0 Å². The number of carboxylic acids is 1. The average Bonchev–Trinajstić information content (AvgIpc) is 2.68. The summed E-state index contributed by atoms with van der Waals surface area (Å²) in [6.07, 6.45) is 1.16. The zero-order valence-corrected chi connectivity index (χ0v) is 9.16. The highest BCUT2D eigenvalue weighted by Gasteiger charge is 2.31. The number of hydrogen-bond donors (Lipinski definition) is 2. The minimum Gasteiger partial charge on any atom is -0.477 e. The maximum Gasteiger partial charge on any atom is 0.352 e. The van der Waals surface area contributed by atoms with Gasteiger partial charge in [-0.05, 0) is 30.9 Å². The highest BCUT2D eigenvalue weighted by atomic mass is 16.5. The first-order valence-electron chi connectivity index (χ1n) is 5.12. The molecule has 0 fully saturated rings. The van der Waals surface area contributed by atoms with Crippen molar-refractivity contribution >= 4 is 11.9 Å². The van der Waals surface area contributed by atoms with Gasteiger partial charge in [0, 0.05) is 6.92 Å². The average molecular weight is 223 g/mol. The summed E-state index contributed by atoms with van der Waals surface area (Å²) in [6.45, 7) is 3.13. The molecule has 0 aliphatic heterocycles. The van der Waals surface area contributed by atoms with E-state index in [0.717, 1.165) is 29.7 Å². The minimum atomic E-state index is -0.978. The van der Waals surface area contributed by atoms with E-state index in [1.165, 1.54) is 6.92 Å². The highest BCUT2D eigenvalue weighted by molar-refractivity contribution is 5.88. The Labute approximate surface area is 92.4 Å². The van der Waals surface area contributed by atoms with Crippen molar-refractivity contribution in [3.05, 3.63) is 22.5 Å². The third-order valence-corrected chi connectivity index (χ3v) is 2.91. The molecule has 0 bridgehead atoms. The van der Waals surface area contributed by atoms with Crippen LogP contribution in [0.5, 0.6) is 0 Å². The number of H-pyrrole nitrogens is 1. The van der Waals surface area contributed by atoms with Crippen LogP contribution in [0, 0.1) is 6.92 Å². The van der Waals surface area contributed by atoms with Gasteiger partial charge in [-0.2, -0.15) is 0 Å². The first kappa shape index (κ1) is 10.7. The fourth-order valence-electron chi connectivity index (χ4n) is 2.21. The molecule has 1 aliphatic carbocycles. The number of carbonyl (C=O) groups excluding carboxylic acids is 1. The smallest absolute Gasteiger partial charge is 0.352 e. The van der Waals surface area contributed by atoms with Gasteiger partial charge < -0.3 is 14.8 Å². The largest absolute Gasteiger partial charge is 0.477 e. The second-order valence-electron chi connectivity index (χ2n) is 3.96. The van der Waals surface area contributed by atoms with Gasteiger partial charge in [0.25, 0.3) is 0 Å². The first-order valence-corrected chi connectivity index (χ1v) is 5.12. The lowest BCUT2D eigenvalue weighted by atomic mass is 10.1. The van der Waals surface area contributed by atoms with Gasteiger partial charge >= 0.3 is 11.9 Å². The summed E-state index contributed by atoms with van der Waals surface area (Å²) in [4.78, 5) is 24.6. The third kappa shape index (κ3) is 1.58. The number of carbonyl (C=O) groups is 2. The molecule has 2 rings (SSSR count). The van der Waals surface area contributed by atoms with Gasteiger partial charge in [-0.15, -0.1) is 0 Å². The number of fused-ring (bicyclic) bond motifs is 1. The number of nitrogens with one attached hydrogen (secondary N) is 1. The van der Waals surface area contributed by atoms with Gasteiger partial charge in [0.05, 0.1) is 5.69 Å². The molecule has 2 N–H and O–H groups in total. The molecule has 1 aromatic heterocycles. The minimum absolute atomic E-state index is 0.196. The van der Waals surface area contributed by atoms with E-state index in [9.17, 15) is 9.59 Å². The second kappa shape index (κ2) is 3.66. The molecule has 1 atom stereocenters. The SMILES string of the molecule is CC(=O)OC1CCc2c1[nH]c(C(=O)O)c2C. The van der Waals surface area contributed by atoms with Crippen LogP contribution in [0.3, 0.4) is 0 Å². The summed E-state index contributed by atoms with van der Waals surface area (Å²) < 4.78 is 5.12. The Morgan fingerprint density at radius 2 is 2.19 bits per heavy atom. The summed E-state index contributed by atoms with van der Waals surface area (Å²) in [5.41, 5.74) is 2.66. The molecule has 86 valence electrons. The highest BCUT2D eigenvalue weighted by Crippen LogP contribution is 2.36. The van der Waals surface area contributed by atoms with Crippen molar-refractivity contribution in [3.8, 4) is 0 Å². The third-order valence-electron chi connectivity index (χ3n) is 2.91. The predicted octanol–water partition coefficient (Wildman–Crippen LogP) is 1.57. The van der Waals surface area contributed by atoms with Crippen molar-refractivity contribution in [2.45, 2.75) is 32.8 Å². The fraction of sp³-hybridized carbons (Fsp3) is 0.455. The Bertz CT molecular complexity index is 461.